The molecule has 2 aromatic heterocycles. The van der Waals surface area contributed by atoms with Gasteiger partial charge in [0.25, 0.3) is 5.56 Å². The fraction of sp³-hybridized carbons (Fsp3) is 0.393. The molecule has 0 radical (unpaired) electrons. The van der Waals surface area contributed by atoms with Gasteiger partial charge in [-0.2, -0.15) is 0 Å². The van der Waals surface area contributed by atoms with E-state index in [9.17, 15) is 14.7 Å². The van der Waals surface area contributed by atoms with E-state index in [1.807, 2.05) is 54.6 Å². The second-order valence-corrected chi connectivity index (χ2v) is 9.45. The molecule has 0 spiro atoms. The number of pyridine rings is 2. The van der Waals surface area contributed by atoms with Gasteiger partial charge in [0, 0.05) is 42.6 Å². The molecular formula is C28H32N4O4. The molecule has 2 aliphatic rings. The summed E-state index contributed by atoms with van der Waals surface area (Å²) in [6, 6.07) is 16.5. The van der Waals surface area contributed by atoms with E-state index in [0.717, 1.165) is 29.9 Å². The van der Waals surface area contributed by atoms with Gasteiger partial charge < -0.3 is 19.7 Å². The molecule has 5 rings (SSSR count). The summed E-state index contributed by atoms with van der Waals surface area (Å²) in [5.74, 6) is -0.232. The summed E-state index contributed by atoms with van der Waals surface area (Å²) < 4.78 is 7.30. The maximum absolute atomic E-state index is 13.8. The third-order valence-corrected chi connectivity index (χ3v) is 7.52. The zero-order valence-electron chi connectivity index (χ0n) is 20.6. The van der Waals surface area contributed by atoms with E-state index in [1.165, 1.54) is 0 Å². The lowest BCUT2D eigenvalue weighted by atomic mass is 9.86. The van der Waals surface area contributed by atoms with E-state index in [4.69, 9.17) is 4.74 Å². The highest BCUT2D eigenvalue weighted by Gasteiger charge is 2.55. The van der Waals surface area contributed by atoms with Crippen LogP contribution < -0.4 is 15.6 Å². The first-order valence-corrected chi connectivity index (χ1v) is 12.5. The van der Waals surface area contributed by atoms with Crippen molar-refractivity contribution in [3.63, 3.8) is 0 Å². The Hall–Kier alpha value is -3.49. The summed E-state index contributed by atoms with van der Waals surface area (Å²) in [4.78, 5) is 33.9. The number of amides is 1. The molecule has 36 heavy (non-hydrogen) atoms. The highest BCUT2D eigenvalue weighted by atomic mass is 16.5. The van der Waals surface area contributed by atoms with Crippen LogP contribution in [0.2, 0.25) is 0 Å². The van der Waals surface area contributed by atoms with Gasteiger partial charge in [-0.15, -0.1) is 0 Å². The number of aliphatic hydroxyl groups is 1. The molecule has 0 saturated carbocycles. The first kappa shape index (κ1) is 24.2. The van der Waals surface area contributed by atoms with Crippen LogP contribution in [0.1, 0.15) is 30.8 Å². The summed E-state index contributed by atoms with van der Waals surface area (Å²) in [6.07, 6.45) is 2.61. The Bertz CT molecular complexity index is 1290. The Morgan fingerprint density at radius 2 is 1.94 bits per heavy atom. The molecule has 8 nitrogen and oxygen atoms in total. The van der Waals surface area contributed by atoms with Crippen LogP contribution in [0.15, 0.2) is 65.6 Å². The van der Waals surface area contributed by atoms with E-state index in [-0.39, 0.29) is 36.1 Å². The maximum atomic E-state index is 13.8. The summed E-state index contributed by atoms with van der Waals surface area (Å²) in [5.41, 5.74) is 2.80. The predicted octanol–water partition coefficient (Wildman–Crippen LogP) is 2.61. The van der Waals surface area contributed by atoms with E-state index < -0.39 is 5.92 Å². The molecule has 1 saturated heterocycles. The topological polar surface area (TPSA) is 96.7 Å². The number of nitrogens with zero attached hydrogens (tertiary/aromatic N) is 3. The highest BCUT2D eigenvalue weighted by Crippen LogP contribution is 2.48. The van der Waals surface area contributed by atoms with Gasteiger partial charge in [0.15, 0.2) is 0 Å². The lowest BCUT2D eigenvalue weighted by Crippen LogP contribution is -2.47. The number of fused-ring (bicyclic) bond motifs is 4. The molecule has 3 aromatic rings. The fourth-order valence-electron chi connectivity index (χ4n) is 5.96. The van der Waals surface area contributed by atoms with Crippen LogP contribution >= 0.6 is 0 Å². The number of para-hydroxylation sites is 1. The highest BCUT2D eigenvalue weighted by molar-refractivity contribution is 5.81. The van der Waals surface area contributed by atoms with Gasteiger partial charge >= 0.3 is 0 Å². The number of ether oxygens (including phenoxy) is 1. The third-order valence-electron chi connectivity index (χ3n) is 7.52. The maximum Gasteiger partial charge on any atom is 0.258 e. The molecule has 2 aliphatic heterocycles. The van der Waals surface area contributed by atoms with E-state index in [1.54, 1.807) is 17.9 Å². The average Bonchev–Trinajstić information content (AvgIpc) is 3.12. The molecule has 188 valence electrons. The monoisotopic (exact) mass is 488 g/mol. The lowest BCUT2D eigenvalue weighted by Gasteiger charge is -2.38. The molecule has 1 amide bonds. The molecular weight excluding hydrogens is 456 g/mol. The van der Waals surface area contributed by atoms with Crippen molar-refractivity contribution in [1.29, 1.82) is 0 Å². The first-order chi connectivity index (χ1) is 17.6. The minimum absolute atomic E-state index is 0.102. The number of carbonyl (C=O) groups excluding carboxylic acids is 1. The molecule has 2 N–H and O–H groups in total. The van der Waals surface area contributed by atoms with Gasteiger partial charge in [-0.1, -0.05) is 31.2 Å². The number of methoxy groups -OCH3 is 1. The Balaban J connectivity index is 1.54. The third kappa shape index (κ3) is 4.10. The van der Waals surface area contributed by atoms with Gasteiger partial charge in [-0.3, -0.25) is 19.5 Å². The minimum Gasteiger partial charge on any atom is -0.496 e. The predicted molar refractivity (Wildman–Crippen MR) is 136 cm³/mol. The Labute approximate surface area is 210 Å². The van der Waals surface area contributed by atoms with Crippen molar-refractivity contribution in [3.8, 4) is 16.9 Å². The smallest absolute Gasteiger partial charge is 0.258 e. The van der Waals surface area contributed by atoms with Crippen molar-refractivity contribution < 1.29 is 14.6 Å². The van der Waals surface area contributed by atoms with Crippen molar-refractivity contribution in [2.45, 2.75) is 38.5 Å². The summed E-state index contributed by atoms with van der Waals surface area (Å²) in [5, 5.41) is 13.5. The number of benzene rings is 1. The van der Waals surface area contributed by atoms with Crippen molar-refractivity contribution in [3.05, 3.63) is 82.5 Å². The number of carbonyl (C=O) groups is 1. The van der Waals surface area contributed by atoms with E-state index in [2.05, 4.69) is 22.1 Å². The number of rotatable bonds is 8. The fourth-order valence-corrected chi connectivity index (χ4v) is 5.96. The van der Waals surface area contributed by atoms with Crippen molar-refractivity contribution in [1.82, 2.24) is 19.8 Å². The van der Waals surface area contributed by atoms with Gasteiger partial charge in [0.05, 0.1) is 36.9 Å². The molecule has 4 heterocycles. The zero-order chi connectivity index (χ0) is 25.2. The Morgan fingerprint density at radius 3 is 2.67 bits per heavy atom. The van der Waals surface area contributed by atoms with Crippen molar-refractivity contribution in [2.75, 3.05) is 20.3 Å². The summed E-state index contributed by atoms with van der Waals surface area (Å²) in [6.45, 7) is 3.53. The van der Waals surface area contributed by atoms with Crippen LogP contribution in [0.4, 0.5) is 0 Å². The number of aliphatic hydroxyl groups excluding tert-OH is 1. The van der Waals surface area contributed by atoms with E-state index in [0.29, 0.717) is 24.4 Å². The normalized spacial score (nSPS) is 22.8. The van der Waals surface area contributed by atoms with E-state index >= 15 is 0 Å². The largest absolute Gasteiger partial charge is 0.496 e. The number of aromatic nitrogens is 2. The van der Waals surface area contributed by atoms with Crippen molar-refractivity contribution in [2.24, 2.45) is 11.8 Å². The van der Waals surface area contributed by atoms with Gasteiger partial charge in [0.1, 0.15) is 5.75 Å². The molecule has 0 aliphatic carbocycles. The molecule has 1 aromatic carbocycles. The number of hydrogen-bond donors (Lipinski definition) is 2. The quantitative estimate of drug-likeness (QED) is 0.506. The Morgan fingerprint density at radius 1 is 1.14 bits per heavy atom. The Kier molecular flexibility index (Phi) is 6.89. The SMILES string of the molecule is CCCN1[C@@H]2Cn3c(ccc(-c4ccccc4OC)c3=O)[C@H]1[C@@H](C(=O)NCc1ccccn1)[C@@H]2CO. The van der Waals surface area contributed by atoms with Crippen LogP contribution in [-0.4, -0.2) is 51.8 Å². The second-order valence-electron chi connectivity index (χ2n) is 9.45. The van der Waals surface area contributed by atoms with Crippen LogP contribution in [0, 0.1) is 11.8 Å². The molecule has 0 unspecified atom stereocenters. The van der Waals surface area contributed by atoms with Crippen molar-refractivity contribution >= 4 is 5.91 Å². The summed E-state index contributed by atoms with van der Waals surface area (Å²) in [7, 11) is 1.59. The lowest BCUT2D eigenvalue weighted by molar-refractivity contribution is -0.127. The second kappa shape index (κ2) is 10.2. The average molecular weight is 489 g/mol. The van der Waals surface area contributed by atoms with Crippen LogP contribution in [0.3, 0.4) is 0 Å². The van der Waals surface area contributed by atoms with Crippen LogP contribution in [0.5, 0.6) is 5.75 Å². The molecule has 4 atom stereocenters. The zero-order valence-corrected chi connectivity index (χ0v) is 20.6. The summed E-state index contributed by atoms with van der Waals surface area (Å²) >= 11 is 0. The number of hydrogen-bond acceptors (Lipinski definition) is 6. The minimum atomic E-state index is -0.472. The van der Waals surface area contributed by atoms with Gasteiger partial charge in [-0.05, 0) is 43.3 Å². The van der Waals surface area contributed by atoms with Gasteiger partial charge in [0.2, 0.25) is 5.91 Å². The molecule has 1 fully saturated rings. The standard InChI is InChI=1S/C28H32N4O4/c1-3-14-31-23-16-32-22(12-11-20(28(32)35)19-9-4-5-10-24(19)36-2)26(31)25(21(23)17-33)27(34)30-15-18-8-6-7-13-29-18/h4-13,21,23,25-26,33H,3,14-17H2,1-2H3,(H,30,34)/t21-,23-,25+,26+/m1/s1. The van der Waals surface area contributed by atoms with Crippen LogP contribution in [-0.2, 0) is 17.9 Å². The molecule has 2 bridgehead atoms. The molecule has 8 heteroatoms. The number of nitrogens with one attached hydrogen (secondary N) is 1. The van der Waals surface area contributed by atoms with Crippen LogP contribution in [0.25, 0.3) is 11.1 Å². The first-order valence-electron chi connectivity index (χ1n) is 12.5. The van der Waals surface area contributed by atoms with Gasteiger partial charge in [-0.25, -0.2) is 0 Å².